The van der Waals surface area contributed by atoms with Gasteiger partial charge in [0.25, 0.3) is 12.0 Å². The van der Waals surface area contributed by atoms with Crippen LogP contribution in [0.5, 0.6) is 23.0 Å². The van der Waals surface area contributed by atoms with E-state index in [1.165, 1.54) is 67.7 Å². The number of phosphoric ester groups is 1. The Morgan fingerprint density at radius 2 is 1.45 bits per heavy atom. The minimum atomic E-state index is -5.12. The van der Waals surface area contributed by atoms with E-state index in [0.29, 0.717) is 11.5 Å². The highest BCUT2D eigenvalue weighted by Crippen LogP contribution is 2.56. The number of hydrogen-bond donors (Lipinski definition) is 2. The van der Waals surface area contributed by atoms with Gasteiger partial charge in [0.05, 0.1) is 20.4 Å². The first-order valence-corrected chi connectivity index (χ1v) is 13.2. The summed E-state index contributed by atoms with van der Waals surface area (Å²) < 4.78 is 117. The topological polar surface area (TPSA) is 148 Å². The molecular weight excluding hydrogens is 602 g/mol. The summed E-state index contributed by atoms with van der Waals surface area (Å²) in [4.78, 5) is 24.9. The average Bonchev–Trinajstić information content (AvgIpc) is 3.16. The molecule has 1 saturated heterocycles. The number of nitrogens with one attached hydrogen (secondary N) is 1. The molecule has 1 fully saturated rings. The average molecular weight is 624 g/mol. The number of methoxy groups -OCH3 is 2. The Labute approximate surface area is 232 Å². The van der Waals surface area contributed by atoms with Crippen molar-refractivity contribution in [1.82, 2.24) is 9.55 Å². The third-order valence-corrected chi connectivity index (χ3v) is 7.39. The second kappa shape index (κ2) is 11.8. The second-order valence-electron chi connectivity index (χ2n) is 8.66. The van der Waals surface area contributed by atoms with Crippen LogP contribution in [0.2, 0.25) is 0 Å². The van der Waals surface area contributed by atoms with Crippen molar-refractivity contribution in [1.29, 1.82) is 0 Å². The summed E-state index contributed by atoms with van der Waals surface area (Å²) in [5.41, 5.74) is -7.17. The van der Waals surface area contributed by atoms with Crippen LogP contribution in [0.15, 0.2) is 64.3 Å². The number of H-pyrrole nitrogens is 1. The summed E-state index contributed by atoms with van der Waals surface area (Å²) in [6.45, 7) is -1.94. The number of nitrogens with zero attached hydrogens (tertiary/aromatic N) is 1. The van der Waals surface area contributed by atoms with Crippen LogP contribution >= 0.6 is 7.82 Å². The van der Waals surface area contributed by atoms with E-state index >= 15 is 8.78 Å². The van der Waals surface area contributed by atoms with Gasteiger partial charge in [-0.3, -0.25) is 18.9 Å². The fourth-order valence-electron chi connectivity index (χ4n) is 3.81. The number of aromatic amines is 1. The lowest BCUT2D eigenvalue weighted by Gasteiger charge is -2.33. The highest BCUT2D eigenvalue weighted by atomic mass is 31.2. The lowest BCUT2D eigenvalue weighted by Crippen LogP contribution is -2.57. The maximum atomic E-state index is 15.3. The molecule has 0 saturated carbocycles. The van der Waals surface area contributed by atoms with Gasteiger partial charge in [-0.1, -0.05) is 0 Å². The molecule has 0 radical (unpaired) electrons. The third kappa shape index (κ3) is 5.86. The number of aliphatic hydroxyl groups is 1. The van der Waals surface area contributed by atoms with Crippen LogP contribution in [0.1, 0.15) is 6.23 Å². The van der Waals surface area contributed by atoms with Gasteiger partial charge in [-0.05, 0) is 48.5 Å². The van der Waals surface area contributed by atoms with Crippen LogP contribution in [0.4, 0.5) is 22.0 Å². The number of ether oxygens (including phenoxy) is 3. The first-order valence-electron chi connectivity index (χ1n) is 11.7. The van der Waals surface area contributed by atoms with Crippen molar-refractivity contribution in [2.45, 2.75) is 30.3 Å². The molecule has 0 unspecified atom stereocenters. The molecule has 1 aromatic heterocycles. The monoisotopic (exact) mass is 624 g/mol. The molecule has 2 aromatic carbocycles. The van der Waals surface area contributed by atoms with E-state index in [2.05, 4.69) is 0 Å². The fourth-order valence-corrected chi connectivity index (χ4v) is 5.07. The van der Waals surface area contributed by atoms with E-state index < -0.39 is 61.8 Å². The van der Waals surface area contributed by atoms with Crippen molar-refractivity contribution in [2.24, 2.45) is 0 Å². The Hall–Kier alpha value is -3.92. The predicted octanol–water partition coefficient (Wildman–Crippen LogP) is 3.50. The van der Waals surface area contributed by atoms with Crippen molar-refractivity contribution >= 4 is 7.82 Å². The van der Waals surface area contributed by atoms with Crippen LogP contribution < -0.4 is 29.8 Å². The maximum Gasteiger partial charge on any atom is 0.587 e. The summed E-state index contributed by atoms with van der Waals surface area (Å²) in [6.07, 6.45) is -9.90. The lowest BCUT2D eigenvalue weighted by atomic mass is 9.95. The first-order chi connectivity index (χ1) is 19.7. The molecule has 0 amide bonds. The molecular formula is C24H22F5N2O10P. The van der Waals surface area contributed by atoms with Gasteiger partial charge in [0.1, 0.15) is 29.6 Å². The number of aromatic nitrogens is 2. The Kier molecular flexibility index (Phi) is 8.68. The maximum absolute atomic E-state index is 15.3. The molecule has 0 spiro atoms. The number of rotatable bonds is 11. The number of hydrogen-bond acceptors (Lipinski definition) is 10. The van der Waals surface area contributed by atoms with Gasteiger partial charge in [-0.2, -0.15) is 13.2 Å². The van der Waals surface area contributed by atoms with Crippen molar-refractivity contribution in [3.8, 4) is 23.0 Å². The van der Waals surface area contributed by atoms with Crippen LogP contribution in [0, 0.1) is 5.82 Å². The minimum absolute atomic E-state index is 0.0409. The first kappa shape index (κ1) is 31.0. The van der Waals surface area contributed by atoms with Crippen LogP contribution in [0.3, 0.4) is 0 Å². The second-order valence-corrected chi connectivity index (χ2v) is 10.2. The number of alkyl halides is 4. The van der Waals surface area contributed by atoms with Crippen LogP contribution in [0.25, 0.3) is 0 Å². The smallest absolute Gasteiger partial charge is 0.497 e. The molecule has 2 heterocycles. The Morgan fingerprint density at radius 3 is 1.90 bits per heavy atom. The van der Waals surface area contributed by atoms with E-state index in [1.54, 1.807) is 0 Å². The van der Waals surface area contributed by atoms with E-state index in [4.69, 9.17) is 27.8 Å². The zero-order chi connectivity index (χ0) is 30.9. The zero-order valence-electron chi connectivity index (χ0n) is 21.5. The van der Waals surface area contributed by atoms with Gasteiger partial charge in [-0.15, -0.1) is 0 Å². The molecule has 0 bridgehead atoms. The summed E-state index contributed by atoms with van der Waals surface area (Å²) >= 11 is 0. The fraction of sp³-hybridized carbons (Fsp3) is 0.333. The quantitative estimate of drug-likeness (QED) is 0.240. The highest BCUT2D eigenvalue weighted by molar-refractivity contribution is 7.49. The van der Waals surface area contributed by atoms with Gasteiger partial charge in [0.2, 0.25) is 11.4 Å². The van der Waals surface area contributed by atoms with Gasteiger partial charge < -0.3 is 28.4 Å². The Balaban J connectivity index is 1.69. The van der Waals surface area contributed by atoms with Gasteiger partial charge in [-0.25, -0.2) is 18.1 Å². The molecule has 2 N–H and O–H groups in total. The van der Waals surface area contributed by atoms with Gasteiger partial charge in [0, 0.05) is 0 Å². The van der Waals surface area contributed by atoms with Crippen LogP contribution in [-0.2, 0) is 13.8 Å². The largest absolute Gasteiger partial charge is 0.587 e. The van der Waals surface area contributed by atoms with E-state index in [0.717, 1.165) is 0 Å². The normalized spacial score (nSPS) is 21.7. The van der Waals surface area contributed by atoms with Crippen molar-refractivity contribution in [3.05, 3.63) is 81.4 Å². The van der Waals surface area contributed by atoms with E-state index in [-0.39, 0.29) is 22.3 Å². The molecule has 1 aliphatic heterocycles. The molecule has 3 aromatic rings. The summed E-state index contributed by atoms with van der Waals surface area (Å²) in [5.74, 6) is -6.32. The summed E-state index contributed by atoms with van der Waals surface area (Å²) in [5, 5.41) is 10.2. The molecule has 0 aliphatic carbocycles. The standard InChI is InChI=1S/C24H22F5N2O10P/c1-36-13-3-7-15(8-4-13)40-42(35,41-16-9-5-14(37-2)6-10-16)38-12-23(21(26)27)24(28,29)18(32)20(39-23)31-11-17(25)19(33)30-22(31)34/h3-11,18,20-21,32H,12H2,1-2H3,(H,30,33,34)/t18-,20-,23+/m1/s1. The molecule has 228 valence electrons. The molecule has 18 heteroatoms. The Bertz CT molecular complexity index is 1510. The minimum Gasteiger partial charge on any atom is -0.497 e. The molecule has 42 heavy (non-hydrogen) atoms. The molecule has 12 nitrogen and oxygen atoms in total. The summed E-state index contributed by atoms with van der Waals surface area (Å²) in [6, 6.07) is 10.4. The van der Waals surface area contributed by atoms with Crippen molar-refractivity contribution < 1.29 is 59.4 Å². The molecule has 4 rings (SSSR count). The number of halogens is 5. The predicted molar refractivity (Wildman–Crippen MR) is 132 cm³/mol. The number of phosphoric acid groups is 1. The number of benzene rings is 2. The van der Waals surface area contributed by atoms with Crippen molar-refractivity contribution in [2.75, 3.05) is 20.8 Å². The Morgan fingerprint density at radius 1 is 0.976 bits per heavy atom. The highest BCUT2D eigenvalue weighted by Gasteiger charge is 2.74. The number of aliphatic hydroxyl groups excluding tert-OH is 1. The van der Waals surface area contributed by atoms with Crippen molar-refractivity contribution in [3.63, 3.8) is 0 Å². The SMILES string of the molecule is COc1ccc(OP(=O)(OC[C@@]2(C(F)F)O[C@@H](n3cc(F)c(=O)[nH]c3=O)[C@@H](O)C2(F)F)Oc2ccc(OC)cc2)cc1. The van der Waals surface area contributed by atoms with Crippen LogP contribution in [-0.4, -0.2) is 59.5 Å². The van der Waals surface area contributed by atoms with E-state index in [1.807, 2.05) is 0 Å². The van der Waals surface area contributed by atoms with Gasteiger partial charge in [0.15, 0.2) is 12.3 Å². The molecule has 1 aliphatic rings. The van der Waals surface area contributed by atoms with Gasteiger partial charge >= 0.3 is 19.4 Å². The zero-order valence-corrected chi connectivity index (χ0v) is 22.4. The lowest BCUT2D eigenvalue weighted by molar-refractivity contribution is -0.242. The summed E-state index contributed by atoms with van der Waals surface area (Å²) in [7, 11) is -2.40. The molecule has 3 atom stereocenters. The third-order valence-electron chi connectivity index (χ3n) is 6.08. The van der Waals surface area contributed by atoms with E-state index in [9.17, 15) is 32.4 Å².